The molecule has 2 aliphatic heterocycles. The number of aliphatic imine (C=N–C) groups is 1. The largest absolute Gasteiger partial charge is 0.478 e. The summed E-state index contributed by atoms with van der Waals surface area (Å²) >= 11 is -0.170. The zero-order valence-electron chi connectivity index (χ0n) is 17.4. The Morgan fingerprint density at radius 3 is 2.80 bits per heavy atom. The molecule has 0 bridgehead atoms. The van der Waals surface area contributed by atoms with Gasteiger partial charge in [-0.3, -0.25) is 3.11 Å². The van der Waals surface area contributed by atoms with Gasteiger partial charge in [0, 0.05) is 40.2 Å². The van der Waals surface area contributed by atoms with Crippen LogP contribution in [0, 0.1) is 17.8 Å². The third-order valence-corrected chi connectivity index (χ3v) is 8.72. The van der Waals surface area contributed by atoms with Crippen molar-refractivity contribution in [2.45, 2.75) is 51.0 Å². The number of hydrogen-bond donors (Lipinski definition) is 0. The zero-order chi connectivity index (χ0) is 20.6. The maximum Gasteiger partial charge on any atom is 0.410 e. The van der Waals surface area contributed by atoms with E-state index in [2.05, 4.69) is 19.2 Å². The third kappa shape index (κ3) is 4.78. The molecular formula is C22H29IN4O3. The number of piperidine rings is 1. The summed E-state index contributed by atoms with van der Waals surface area (Å²) in [6.07, 6.45) is 10.2. The third-order valence-electron chi connectivity index (χ3n) is 6.75. The molecule has 1 saturated heterocycles. The van der Waals surface area contributed by atoms with Crippen LogP contribution in [0.4, 0.5) is 10.5 Å². The summed E-state index contributed by atoms with van der Waals surface area (Å²) in [5.74, 6) is 3.01. The van der Waals surface area contributed by atoms with Crippen LogP contribution in [0.15, 0.2) is 23.3 Å². The van der Waals surface area contributed by atoms with Gasteiger partial charge in [0.1, 0.15) is 11.9 Å². The molecule has 162 valence electrons. The Morgan fingerprint density at radius 2 is 2.13 bits per heavy atom. The molecule has 1 aromatic heterocycles. The highest BCUT2D eigenvalue weighted by atomic mass is 127. The molecule has 0 aromatic carbocycles. The number of pyridine rings is 1. The van der Waals surface area contributed by atoms with Gasteiger partial charge in [0.15, 0.2) is 0 Å². The van der Waals surface area contributed by atoms with Crippen LogP contribution in [-0.2, 0) is 4.74 Å². The Balaban J connectivity index is 0.997. The molecule has 7 nitrogen and oxygen atoms in total. The molecule has 0 radical (unpaired) electrons. The zero-order valence-corrected chi connectivity index (χ0v) is 19.5. The van der Waals surface area contributed by atoms with Crippen molar-refractivity contribution in [2.24, 2.45) is 22.7 Å². The van der Waals surface area contributed by atoms with Gasteiger partial charge in [-0.25, -0.2) is 14.8 Å². The lowest BCUT2D eigenvalue weighted by Crippen LogP contribution is -2.40. The fourth-order valence-electron chi connectivity index (χ4n) is 4.45. The van der Waals surface area contributed by atoms with Gasteiger partial charge in [0.25, 0.3) is 0 Å². The van der Waals surface area contributed by atoms with E-state index in [1.165, 1.54) is 6.42 Å². The number of ether oxygens (including phenoxy) is 2. The first-order valence-corrected chi connectivity index (χ1v) is 13.2. The van der Waals surface area contributed by atoms with Crippen molar-refractivity contribution < 1.29 is 14.3 Å². The highest BCUT2D eigenvalue weighted by molar-refractivity contribution is 14.2. The predicted octanol–water partition coefficient (Wildman–Crippen LogP) is 4.38. The van der Waals surface area contributed by atoms with E-state index in [-0.39, 0.29) is 32.7 Å². The summed E-state index contributed by atoms with van der Waals surface area (Å²) in [4.78, 5) is 22.7. The number of likely N-dealkylation sites (tertiary alicyclic amines) is 1. The predicted molar refractivity (Wildman–Crippen MR) is 125 cm³/mol. The maximum atomic E-state index is 12.3. The lowest BCUT2D eigenvalue weighted by molar-refractivity contribution is 0.0473. The fourth-order valence-corrected chi connectivity index (χ4v) is 5.90. The summed E-state index contributed by atoms with van der Waals surface area (Å²) in [5, 5.41) is 0. The number of anilines is 1. The number of carbonyl (C=O) groups is 1. The highest BCUT2D eigenvalue weighted by Gasteiger charge is 2.45. The van der Waals surface area contributed by atoms with E-state index in [0.29, 0.717) is 5.88 Å². The molecule has 2 saturated carbocycles. The molecular weight excluding hydrogens is 495 g/mol. The van der Waals surface area contributed by atoms with Crippen molar-refractivity contribution in [2.75, 3.05) is 22.8 Å². The SMILES string of the molecule is CC1(OC(=O)N2CCC([C@H]3C[C@H]3CCOc3ccc(N4C=NC=I4)cn3)CC2)CC1. The molecule has 0 N–H and O–H groups in total. The van der Waals surface area contributed by atoms with Gasteiger partial charge in [-0.15, -0.1) is 0 Å². The van der Waals surface area contributed by atoms with Gasteiger partial charge in [0.05, 0.1) is 22.6 Å². The smallest absolute Gasteiger partial charge is 0.410 e. The molecule has 30 heavy (non-hydrogen) atoms. The number of amides is 1. The van der Waals surface area contributed by atoms with E-state index in [9.17, 15) is 4.79 Å². The molecule has 8 heteroatoms. The van der Waals surface area contributed by atoms with Crippen LogP contribution in [0.25, 0.3) is 0 Å². The van der Waals surface area contributed by atoms with Crippen LogP contribution < -0.4 is 7.85 Å². The molecule has 2 aliphatic carbocycles. The number of carbonyl (C=O) groups excluding carboxylic acids is 1. The Bertz CT molecular complexity index is 819. The topological polar surface area (TPSA) is 67.3 Å². The molecule has 0 spiro atoms. The lowest BCUT2D eigenvalue weighted by atomic mass is 9.91. The van der Waals surface area contributed by atoms with E-state index >= 15 is 0 Å². The van der Waals surface area contributed by atoms with Crippen LogP contribution in [0.1, 0.15) is 45.4 Å². The van der Waals surface area contributed by atoms with E-state index in [1.807, 2.05) is 34.6 Å². The van der Waals surface area contributed by atoms with Crippen molar-refractivity contribution >= 4 is 43.3 Å². The van der Waals surface area contributed by atoms with Gasteiger partial charge in [-0.05, 0) is 69.3 Å². The van der Waals surface area contributed by atoms with Crippen molar-refractivity contribution in [3.63, 3.8) is 0 Å². The standard InChI is InChI=1S/C22H29IN4O3/c1-22(7-8-22)30-21(28)26-9-4-16(5-10-26)19-12-17(19)6-11-29-20-3-2-18(13-25-20)27-15-24-14-23-27/h2-3,13-17,19H,4-12H2,1H3/t17-,19-/m1/s1. The van der Waals surface area contributed by atoms with E-state index in [4.69, 9.17) is 9.47 Å². The van der Waals surface area contributed by atoms with E-state index in [1.54, 1.807) is 0 Å². The number of halogens is 1. The van der Waals surface area contributed by atoms with E-state index < -0.39 is 0 Å². The number of nitrogens with zero attached hydrogens (tertiary/aromatic N) is 4. The minimum Gasteiger partial charge on any atom is -0.478 e. The summed E-state index contributed by atoms with van der Waals surface area (Å²) in [7, 11) is 0. The Morgan fingerprint density at radius 1 is 1.30 bits per heavy atom. The van der Waals surface area contributed by atoms with Crippen molar-refractivity contribution in [3.8, 4) is 5.88 Å². The minimum absolute atomic E-state index is 0.107. The molecule has 3 fully saturated rings. The molecule has 1 aromatic rings. The molecule has 2 atom stereocenters. The quantitative estimate of drug-likeness (QED) is 0.391. The number of hydrogen-bond acceptors (Lipinski definition) is 6. The van der Waals surface area contributed by atoms with E-state index in [0.717, 1.165) is 75.2 Å². The maximum absolute atomic E-state index is 12.3. The normalized spacial score (nSPS) is 27.0. The van der Waals surface area contributed by atoms with Crippen LogP contribution in [0.3, 0.4) is 0 Å². The van der Waals surface area contributed by atoms with Crippen LogP contribution in [-0.4, -0.2) is 51.7 Å². The summed E-state index contributed by atoms with van der Waals surface area (Å²) in [5.41, 5.74) is 0.906. The molecule has 0 unspecified atom stereocenters. The van der Waals surface area contributed by atoms with Gasteiger partial charge >= 0.3 is 6.09 Å². The molecule has 3 heterocycles. The molecule has 4 aliphatic rings. The summed E-state index contributed by atoms with van der Waals surface area (Å²) in [6.45, 7) is 4.44. The second kappa shape index (κ2) is 8.43. The first-order valence-electron chi connectivity index (χ1n) is 10.9. The average Bonchev–Trinajstić information content (AvgIpc) is 3.63. The average molecular weight is 524 g/mol. The summed E-state index contributed by atoms with van der Waals surface area (Å²) in [6, 6.07) is 4.00. The second-order valence-electron chi connectivity index (χ2n) is 9.06. The Hall–Kier alpha value is -1.71. The first kappa shape index (κ1) is 20.2. The Labute approximate surface area is 187 Å². The van der Waals surface area contributed by atoms with Gasteiger partial charge in [-0.1, -0.05) is 0 Å². The number of rotatable bonds is 7. The van der Waals surface area contributed by atoms with Gasteiger partial charge in [-0.2, -0.15) is 0 Å². The fraction of sp³-hybridized carbons (Fsp3) is 0.636. The van der Waals surface area contributed by atoms with Gasteiger partial charge in [0.2, 0.25) is 5.88 Å². The van der Waals surface area contributed by atoms with Crippen LogP contribution in [0.5, 0.6) is 5.88 Å². The van der Waals surface area contributed by atoms with Gasteiger partial charge < -0.3 is 14.4 Å². The van der Waals surface area contributed by atoms with Crippen molar-refractivity contribution in [3.05, 3.63) is 18.3 Å². The minimum atomic E-state index is -0.174. The summed E-state index contributed by atoms with van der Waals surface area (Å²) < 4.78 is 15.6. The van der Waals surface area contributed by atoms with Crippen LogP contribution >= 0.6 is 21.0 Å². The monoisotopic (exact) mass is 524 g/mol. The molecule has 5 rings (SSSR count). The second-order valence-corrected chi connectivity index (χ2v) is 11.2. The lowest BCUT2D eigenvalue weighted by Gasteiger charge is -2.32. The van der Waals surface area contributed by atoms with Crippen molar-refractivity contribution in [1.29, 1.82) is 0 Å². The first-order chi connectivity index (χ1) is 14.6. The highest BCUT2D eigenvalue weighted by Crippen LogP contribution is 2.50. The van der Waals surface area contributed by atoms with Crippen molar-refractivity contribution in [1.82, 2.24) is 9.88 Å². The van der Waals surface area contributed by atoms with Crippen LogP contribution in [0.2, 0.25) is 0 Å². The number of aromatic nitrogens is 1. The molecule has 1 amide bonds. The Kier molecular flexibility index (Phi) is 5.68.